The van der Waals surface area contributed by atoms with E-state index in [2.05, 4.69) is 10.3 Å². The van der Waals surface area contributed by atoms with Gasteiger partial charge in [-0.2, -0.15) is 0 Å². The summed E-state index contributed by atoms with van der Waals surface area (Å²) in [5, 5.41) is 2.71. The number of fused-ring (bicyclic) bond motifs is 1. The van der Waals surface area contributed by atoms with Crippen LogP contribution in [0, 0.1) is 0 Å². The minimum atomic E-state index is -0.540. The zero-order chi connectivity index (χ0) is 15.0. The summed E-state index contributed by atoms with van der Waals surface area (Å²) in [7, 11) is 0. The van der Waals surface area contributed by atoms with Crippen LogP contribution in [-0.2, 0) is 17.6 Å². The Hall–Kier alpha value is -2.11. The van der Waals surface area contributed by atoms with Crippen LogP contribution in [0.5, 0.6) is 0 Å². The van der Waals surface area contributed by atoms with E-state index in [-0.39, 0.29) is 22.9 Å². The van der Waals surface area contributed by atoms with Gasteiger partial charge in [0.15, 0.2) is 0 Å². The van der Waals surface area contributed by atoms with E-state index in [1.54, 1.807) is 13.0 Å². The second-order valence-corrected chi connectivity index (χ2v) is 5.69. The van der Waals surface area contributed by atoms with Crippen molar-refractivity contribution in [3.63, 3.8) is 0 Å². The molecule has 2 N–H and O–H groups in total. The second kappa shape index (κ2) is 5.35. The molecule has 0 saturated carbocycles. The first kappa shape index (κ1) is 13.9. The molecule has 1 saturated heterocycles. The fourth-order valence-corrected chi connectivity index (χ4v) is 3.05. The number of aromatic nitrogens is 1. The summed E-state index contributed by atoms with van der Waals surface area (Å²) in [6, 6.07) is 1.18. The second-order valence-electron chi connectivity index (χ2n) is 5.69. The summed E-state index contributed by atoms with van der Waals surface area (Å²) in [6.07, 6.45) is 3.90. The molecule has 1 aromatic rings. The largest absolute Gasteiger partial charge is 0.353 e. The molecule has 2 amide bonds. The van der Waals surface area contributed by atoms with Crippen molar-refractivity contribution in [1.82, 2.24) is 15.2 Å². The van der Waals surface area contributed by atoms with Crippen LogP contribution in [0.15, 0.2) is 10.9 Å². The lowest BCUT2D eigenvalue weighted by atomic mass is 9.94. The van der Waals surface area contributed by atoms with Crippen molar-refractivity contribution in [1.29, 1.82) is 0 Å². The van der Waals surface area contributed by atoms with Crippen LogP contribution in [0.25, 0.3) is 0 Å². The zero-order valence-electron chi connectivity index (χ0n) is 12.1. The zero-order valence-corrected chi connectivity index (χ0v) is 12.1. The molecule has 1 aromatic heterocycles. The Balaban J connectivity index is 1.94. The number of hydrogen-bond donors (Lipinski definition) is 2. The SMILES string of the molecule is C[C@H]1C(=O)NCCN1C(=O)c1cc2c([nH]c1=O)CCCC2. The third kappa shape index (κ3) is 2.46. The van der Waals surface area contributed by atoms with Crippen LogP contribution in [0.1, 0.15) is 41.4 Å². The van der Waals surface area contributed by atoms with Crippen LogP contribution in [-0.4, -0.2) is 40.8 Å². The van der Waals surface area contributed by atoms with Gasteiger partial charge in [-0.05, 0) is 44.2 Å². The highest BCUT2D eigenvalue weighted by atomic mass is 16.2. The van der Waals surface area contributed by atoms with Gasteiger partial charge in [0.2, 0.25) is 5.91 Å². The Bertz CT molecular complexity index is 650. The molecule has 2 aliphatic rings. The van der Waals surface area contributed by atoms with Gasteiger partial charge in [0.05, 0.1) is 0 Å². The van der Waals surface area contributed by atoms with Crippen LogP contribution in [0.3, 0.4) is 0 Å². The summed E-state index contributed by atoms with van der Waals surface area (Å²) in [4.78, 5) is 40.7. The number of nitrogens with zero attached hydrogens (tertiary/aromatic N) is 1. The third-order valence-corrected chi connectivity index (χ3v) is 4.33. The smallest absolute Gasteiger partial charge is 0.261 e. The minimum absolute atomic E-state index is 0.150. The molecule has 1 atom stereocenters. The summed E-state index contributed by atoms with van der Waals surface area (Å²) in [5.74, 6) is -0.532. The van der Waals surface area contributed by atoms with Crippen molar-refractivity contribution in [3.8, 4) is 0 Å². The monoisotopic (exact) mass is 289 g/mol. The average Bonchev–Trinajstić information content (AvgIpc) is 2.48. The molecule has 0 aromatic carbocycles. The first-order valence-electron chi connectivity index (χ1n) is 7.41. The van der Waals surface area contributed by atoms with Gasteiger partial charge in [0.1, 0.15) is 11.6 Å². The van der Waals surface area contributed by atoms with Crippen LogP contribution < -0.4 is 10.9 Å². The van der Waals surface area contributed by atoms with Gasteiger partial charge in [0.25, 0.3) is 11.5 Å². The molecule has 6 heteroatoms. The maximum atomic E-state index is 12.6. The molecular weight excluding hydrogens is 270 g/mol. The van der Waals surface area contributed by atoms with Crippen molar-refractivity contribution in [2.75, 3.05) is 13.1 Å². The molecule has 1 aliphatic heterocycles. The van der Waals surface area contributed by atoms with Gasteiger partial charge >= 0.3 is 0 Å². The highest BCUT2D eigenvalue weighted by Gasteiger charge is 2.31. The van der Waals surface area contributed by atoms with Gasteiger partial charge in [-0.3, -0.25) is 14.4 Å². The molecule has 21 heavy (non-hydrogen) atoms. The van der Waals surface area contributed by atoms with E-state index >= 15 is 0 Å². The lowest BCUT2D eigenvalue weighted by molar-refractivity contribution is -0.127. The Kier molecular flexibility index (Phi) is 3.53. The van der Waals surface area contributed by atoms with Gasteiger partial charge in [-0.25, -0.2) is 0 Å². The fraction of sp³-hybridized carbons (Fsp3) is 0.533. The lowest BCUT2D eigenvalue weighted by Gasteiger charge is -2.32. The molecule has 0 spiro atoms. The predicted molar refractivity (Wildman–Crippen MR) is 77.2 cm³/mol. The number of hydrogen-bond acceptors (Lipinski definition) is 3. The fourth-order valence-electron chi connectivity index (χ4n) is 3.05. The summed E-state index contributed by atoms with van der Waals surface area (Å²) in [5.41, 5.74) is 1.81. The van der Waals surface area contributed by atoms with Crippen LogP contribution >= 0.6 is 0 Å². The number of amides is 2. The molecule has 0 radical (unpaired) electrons. The molecule has 1 fully saturated rings. The van der Waals surface area contributed by atoms with Crippen molar-refractivity contribution in [2.24, 2.45) is 0 Å². The molecule has 0 bridgehead atoms. The van der Waals surface area contributed by atoms with E-state index in [9.17, 15) is 14.4 Å². The molecule has 0 unspecified atom stereocenters. The van der Waals surface area contributed by atoms with E-state index in [1.807, 2.05) is 0 Å². The molecule has 6 nitrogen and oxygen atoms in total. The minimum Gasteiger partial charge on any atom is -0.353 e. The van der Waals surface area contributed by atoms with E-state index < -0.39 is 6.04 Å². The van der Waals surface area contributed by atoms with Crippen molar-refractivity contribution >= 4 is 11.8 Å². The van der Waals surface area contributed by atoms with Gasteiger partial charge in [0, 0.05) is 18.8 Å². The molecule has 112 valence electrons. The highest BCUT2D eigenvalue weighted by Crippen LogP contribution is 2.19. The number of carbonyl (C=O) groups is 2. The Morgan fingerprint density at radius 1 is 1.29 bits per heavy atom. The summed E-state index contributed by atoms with van der Waals surface area (Å²) >= 11 is 0. The maximum absolute atomic E-state index is 12.6. The number of nitrogens with one attached hydrogen (secondary N) is 2. The topological polar surface area (TPSA) is 82.3 Å². The summed E-state index contributed by atoms with van der Waals surface area (Å²) in [6.45, 7) is 2.54. The average molecular weight is 289 g/mol. The number of pyridine rings is 1. The summed E-state index contributed by atoms with van der Waals surface area (Å²) < 4.78 is 0. The predicted octanol–water partition coefficient (Wildman–Crippen LogP) is 0.214. The van der Waals surface area contributed by atoms with Crippen LogP contribution in [0.4, 0.5) is 0 Å². The van der Waals surface area contributed by atoms with Gasteiger partial charge in [-0.1, -0.05) is 0 Å². The maximum Gasteiger partial charge on any atom is 0.261 e. The number of piperazine rings is 1. The number of aryl methyl sites for hydroxylation is 2. The molecule has 1 aliphatic carbocycles. The normalized spacial score (nSPS) is 21.7. The lowest BCUT2D eigenvalue weighted by Crippen LogP contribution is -2.56. The Morgan fingerprint density at radius 3 is 2.86 bits per heavy atom. The standard InChI is InChI=1S/C15H19N3O3/c1-9-13(19)16-6-7-18(9)15(21)11-8-10-4-2-3-5-12(10)17-14(11)20/h8-9H,2-7H2,1H3,(H,16,19)(H,17,20)/t9-/m0/s1. The first-order chi connectivity index (χ1) is 10.1. The molecule has 3 rings (SSSR count). The number of aromatic amines is 1. The quantitative estimate of drug-likeness (QED) is 0.775. The van der Waals surface area contributed by atoms with Gasteiger partial charge < -0.3 is 15.2 Å². The van der Waals surface area contributed by atoms with E-state index in [4.69, 9.17) is 0 Å². The number of rotatable bonds is 1. The van der Waals surface area contributed by atoms with E-state index in [1.165, 1.54) is 4.90 Å². The number of H-pyrrole nitrogens is 1. The molecule has 2 heterocycles. The molecular formula is C15H19N3O3. The first-order valence-corrected chi connectivity index (χ1v) is 7.41. The van der Waals surface area contributed by atoms with Crippen molar-refractivity contribution < 1.29 is 9.59 Å². The van der Waals surface area contributed by atoms with Gasteiger partial charge in [-0.15, -0.1) is 0 Å². The highest BCUT2D eigenvalue weighted by molar-refractivity contribution is 5.98. The Morgan fingerprint density at radius 2 is 2.05 bits per heavy atom. The third-order valence-electron chi connectivity index (χ3n) is 4.33. The number of carbonyl (C=O) groups excluding carboxylic acids is 2. The van der Waals surface area contributed by atoms with Crippen molar-refractivity contribution in [3.05, 3.63) is 33.2 Å². The Labute approximate surface area is 122 Å². The van der Waals surface area contributed by atoms with Crippen LogP contribution in [0.2, 0.25) is 0 Å². The van der Waals surface area contributed by atoms with E-state index in [0.717, 1.165) is 36.9 Å². The van der Waals surface area contributed by atoms with Crippen molar-refractivity contribution in [2.45, 2.75) is 38.6 Å². The van der Waals surface area contributed by atoms with E-state index in [0.29, 0.717) is 13.1 Å².